The molecule has 4 aromatic rings. The fourth-order valence-corrected chi connectivity index (χ4v) is 3.52. The standard InChI is InChI=1S/C25H21ClF2N2O2/c1-2-31-25-16-23(17-6-4-3-5-7-17)29-30(25)12-13-32-24-11-9-18(14-20(24)26)19-8-10-21(27)22(28)15-19/h3-11,14-16H,2,12-13H2,1H3. The van der Waals surface area contributed by atoms with Crippen LogP contribution in [0.15, 0.2) is 72.8 Å². The lowest BCUT2D eigenvalue weighted by atomic mass is 10.1. The highest BCUT2D eigenvalue weighted by Gasteiger charge is 2.12. The molecule has 32 heavy (non-hydrogen) atoms. The molecule has 4 nitrogen and oxygen atoms in total. The van der Waals surface area contributed by atoms with Crippen LogP contribution in [0.5, 0.6) is 11.6 Å². The van der Waals surface area contributed by atoms with Crippen LogP contribution in [0.3, 0.4) is 0 Å². The second-order valence-corrected chi connectivity index (χ2v) is 7.42. The fourth-order valence-electron chi connectivity index (χ4n) is 3.29. The summed E-state index contributed by atoms with van der Waals surface area (Å²) in [5.74, 6) is -0.639. The average molecular weight is 455 g/mol. The van der Waals surface area contributed by atoms with Crippen LogP contribution in [0.25, 0.3) is 22.4 Å². The number of aromatic nitrogens is 2. The van der Waals surface area contributed by atoms with Crippen molar-refractivity contribution in [3.8, 4) is 34.0 Å². The van der Waals surface area contributed by atoms with Gasteiger partial charge in [-0.25, -0.2) is 13.5 Å². The van der Waals surface area contributed by atoms with Crippen molar-refractivity contribution >= 4 is 11.6 Å². The number of rotatable bonds is 8. The van der Waals surface area contributed by atoms with E-state index in [-0.39, 0.29) is 0 Å². The second kappa shape index (κ2) is 9.83. The summed E-state index contributed by atoms with van der Waals surface area (Å²) >= 11 is 6.36. The van der Waals surface area contributed by atoms with Crippen molar-refractivity contribution in [2.24, 2.45) is 0 Å². The summed E-state index contributed by atoms with van der Waals surface area (Å²) in [5, 5.41) is 5.01. The maximum absolute atomic E-state index is 13.5. The van der Waals surface area contributed by atoms with Crippen LogP contribution in [0.4, 0.5) is 8.78 Å². The van der Waals surface area contributed by atoms with Gasteiger partial charge in [-0.3, -0.25) is 0 Å². The first-order chi connectivity index (χ1) is 15.5. The highest BCUT2D eigenvalue weighted by molar-refractivity contribution is 6.32. The zero-order valence-electron chi connectivity index (χ0n) is 17.4. The van der Waals surface area contributed by atoms with Crippen molar-refractivity contribution in [3.63, 3.8) is 0 Å². The third-order valence-electron chi connectivity index (χ3n) is 4.85. The van der Waals surface area contributed by atoms with Gasteiger partial charge >= 0.3 is 0 Å². The molecule has 1 heterocycles. The normalized spacial score (nSPS) is 10.9. The van der Waals surface area contributed by atoms with Crippen molar-refractivity contribution in [1.29, 1.82) is 0 Å². The van der Waals surface area contributed by atoms with Crippen molar-refractivity contribution in [2.75, 3.05) is 13.2 Å². The summed E-state index contributed by atoms with van der Waals surface area (Å²) in [6.07, 6.45) is 0. The smallest absolute Gasteiger partial charge is 0.212 e. The van der Waals surface area contributed by atoms with E-state index in [0.29, 0.717) is 47.5 Å². The van der Waals surface area contributed by atoms with Crippen LogP contribution >= 0.6 is 11.6 Å². The number of hydrogen-bond acceptors (Lipinski definition) is 3. The van der Waals surface area contributed by atoms with E-state index in [1.807, 2.05) is 43.3 Å². The summed E-state index contributed by atoms with van der Waals surface area (Å²) < 4.78 is 40.0. The maximum Gasteiger partial charge on any atom is 0.212 e. The summed E-state index contributed by atoms with van der Waals surface area (Å²) in [6, 6.07) is 20.6. The molecule has 3 aromatic carbocycles. The first-order valence-corrected chi connectivity index (χ1v) is 10.6. The zero-order chi connectivity index (χ0) is 22.5. The molecule has 0 fully saturated rings. The Hall–Kier alpha value is -3.38. The lowest BCUT2D eigenvalue weighted by Crippen LogP contribution is -2.11. The minimum Gasteiger partial charge on any atom is -0.490 e. The maximum atomic E-state index is 13.5. The largest absolute Gasteiger partial charge is 0.490 e. The van der Waals surface area contributed by atoms with Gasteiger partial charge in [0.05, 0.1) is 23.9 Å². The third-order valence-corrected chi connectivity index (χ3v) is 5.15. The van der Waals surface area contributed by atoms with Gasteiger partial charge in [0.1, 0.15) is 12.4 Å². The van der Waals surface area contributed by atoms with E-state index in [1.54, 1.807) is 22.9 Å². The quantitative estimate of drug-likeness (QED) is 0.300. The van der Waals surface area contributed by atoms with E-state index < -0.39 is 11.6 Å². The number of nitrogens with zero attached hydrogens (tertiary/aromatic N) is 2. The van der Waals surface area contributed by atoms with E-state index in [9.17, 15) is 8.78 Å². The van der Waals surface area contributed by atoms with E-state index in [4.69, 9.17) is 21.1 Å². The molecule has 0 N–H and O–H groups in total. The van der Waals surface area contributed by atoms with E-state index >= 15 is 0 Å². The Labute approximate surface area is 190 Å². The SMILES string of the molecule is CCOc1cc(-c2ccccc2)nn1CCOc1ccc(-c2ccc(F)c(F)c2)cc1Cl. The highest BCUT2D eigenvalue weighted by atomic mass is 35.5. The summed E-state index contributed by atoms with van der Waals surface area (Å²) in [5.41, 5.74) is 3.02. The van der Waals surface area contributed by atoms with Crippen molar-refractivity contribution in [1.82, 2.24) is 9.78 Å². The molecule has 0 unspecified atom stereocenters. The van der Waals surface area contributed by atoms with Gasteiger partial charge in [-0.05, 0) is 42.3 Å². The van der Waals surface area contributed by atoms with Crippen LogP contribution < -0.4 is 9.47 Å². The Bertz CT molecular complexity index is 1210. The number of benzene rings is 3. The highest BCUT2D eigenvalue weighted by Crippen LogP contribution is 2.31. The molecule has 0 atom stereocenters. The van der Waals surface area contributed by atoms with Crippen molar-refractivity contribution in [2.45, 2.75) is 13.5 Å². The Morgan fingerprint density at radius 2 is 1.59 bits per heavy atom. The Balaban J connectivity index is 1.45. The Kier molecular flexibility index (Phi) is 6.71. The molecule has 7 heteroatoms. The van der Waals surface area contributed by atoms with Crippen LogP contribution in [0.1, 0.15) is 6.92 Å². The first-order valence-electron chi connectivity index (χ1n) is 10.2. The predicted molar refractivity (Wildman–Crippen MR) is 121 cm³/mol. The Morgan fingerprint density at radius 3 is 2.31 bits per heavy atom. The Morgan fingerprint density at radius 1 is 0.844 bits per heavy atom. The average Bonchev–Trinajstić information content (AvgIpc) is 3.20. The van der Waals surface area contributed by atoms with Gasteiger partial charge in [-0.1, -0.05) is 54.1 Å². The van der Waals surface area contributed by atoms with E-state index in [2.05, 4.69) is 5.10 Å². The van der Waals surface area contributed by atoms with Gasteiger partial charge in [-0.2, -0.15) is 5.10 Å². The fraction of sp³-hybridized carbons (Fsp3) is 0.160. The molecule has 0 aliphatic rings. The van der Waals surface area contributed by atoms with Gasteiger partial charge in [0, 0.05) is 11.6 Å². The second-order valence-electron chi connectivity index (χ2n) is 7.01. The summed E-state index contributed by atoms with van der Waals surface area (Å²) in [4.78, 5) is 0. The lowest BCUT2D eigenvalue weighted by Gasteiger charge is -2.11. The molecule has 4 rings (SSSR count). The number of hydrogen-bond donors (Lipinski definition) is 0. The molecular formula is C25H21ClF2N2O2. The molecule has 0 spiro atoms. The van der Waals surface area contributed by atoms with Crippen molar-refractivity contribution < 1.29 is 18.3 Å². The molecule has 0 amide bonds. The van der Waals surface area contributed by atoms with E-state index in [1.165, 1.54) is 6.07 Å². The molecule has 164 valence electrons. The molecular weight excluding hydrogens is 434 g/mol. The number of halogens is 3. The minimum absolute atomic E-state index is 0.320. The molecule has 0 radical (unpaired) electrons. The van der Waals surface area contributed by atoms with Gasteiger partial charge in [0.2, 0.25) is 5.88 Å². The predicted octanol–water partition coefficient (Wildman–Crippen LogP) is 6.63. The molecule has 0 aliphatic carbocycles. The van der Waals surface area contributed by atoms with Gasteiger partial charge in [0.15, 0.2) is 11.6 Å². The monoisotopic (exact) mass is 454 g/mol. The lowest BCUT2D eigenvalue weighted by molar-refractivity contribution is 0.260. The van der Waals surface area contributed by atoms with E-state index in [0.717, 1.165) is 23.4 Å². The molecule has 0 saturated heterocycles. The molecule has 0 aliphatic heterocycles. The minimum atomic E-state index is -0.904. The summed E-state index contributed by atoms with van der Waals surface area (Å²) in [6.45, 7) is 3.23. The third kappa shape index (κ3) is 4.92. The topological polar surface area (TPSA) is 36.3 Å². The van der Waals surface area contributed by atoms with Crippen molar-refractivity contribution in [3.05, 3.63) is 89.5 Å². The van der Waals surface area contributed by atoms with Crippen LogP contribution in [0, 0.1) is 11.6 Å². The van der Waals surface area contributed by atoms with Gasteiger partial charge < -0.3 is 9.47 Å². The molecule has 1 aromatic heterocycles. The summed E-state index contributed by atoms with van der Waals surface area (Å²) in [7, 11) is 0. The first kappa shape index (κ1) is 21.8. The van der Waals surface area contributed by atoms with Gasteiger partial charge in [-0.15, -0.1) is 0 Å². The van der Waals surface area contributed by atoms with Crippen LogP contribution in [-0.4, -0.2) is 23.0 Å². The van der Waals surface area contributed by atoms with Crippen LogP contribution in [0.2, 0.25) is 5.02 Å². The zero-order valence-corrected chi connectivity index (χ0v) is 18.2. The molecule has 0 saturated carbocycles. The van der Waals surface area contributed by atoms with Crippen LogP contribution in [-0.2, 0) is 6.54 Å². The molecule has 0 bridgehead atoms. The number of ether oxygens (including phenoxy) is 2. The van der Waals surface area contributed by atoms with Gasteiger partial charge in [0.25, 0.3) is 0 Å².